The number of nitrogens with one attached hydrogen (secondary N) is 1. The van der Waals surface area contributed by atoms with Crippen LogP contribution in [0.1, 0.15) is 34.1 Å². The number of likely N-dealkylation sites (tertiary alicyclic amines) is 1. The zero-order valence-corrected chi connectivity index (χ0v) is 12.5. The third kappa shape index (κ3) is 2.73. The van der Waals surface area contributed by atoms with Gasteiger partial charge in [0.05, 0.1) is 6.42 Å². The molecule has 1 rings (SSSR count). The highest BCUT2D eigenvalue weighted by Gasteiger charge is 2.60. The summed E-state index contributed by atoms with van der Waals surface area (Å²) < 4.78 is 4.98. The van der Waals surface area contributed by atoms with Crippen LogP contribution < -0.4 is 5.32 Å². The van der Waals surface area contributed by atoms with E-state index in [1.807, 2.05) is 20.8 Å². The van der Waals surface area contributed by atoms with Crippen LogP contribution in [0, 0.1) is 12.3 Å². The molecular weight excluding hydrogens is 260 g/mol. The first-order valence-electron chi connectivity index (χ1n) is 6.71. The van der Waals surface area contributed by atoms with Gasteiger partial charge in [0.15, 0.2) is 12.1 Å². The van der Waals surface area contributed by atoms with E-state index in [0.29, 0.717) is 13.0 Å². The molecule has 20 heavy (non-hydrogen) atoms. The Morgan fingerprint density at radius 3 is 2.45 bits per heavy atom. The first-order chi connectivity index (χ1) is 9.18. The van der Waals surface area contributed by atoms with Gasteiger partial charge in [-0.3, -0.25) is 0 Å². The van der Waals surface area contributed by atoms with E-state index in [0.717, 1.165) is 0 Å². The minimum absolute atomic E-state index is 0.185. The first-order valence-corrected chi connectivity index (χ1v) is 6.71. The van der Waals surface area contributed by atoms with Crippen molar-refractivity contribution in [3.63, 3.8) is 0 Å². The molecular formula is C14H23N2O4+. The summed E-state index contributed by atoms with van der Waals surface area (Å²) in [6.07, 6.45) is 3.86. The number of terminal acetylenes is 1. The Labute approximate surface area is 119 Å². The highest BCUT2D eigenvalue weighted by Crippen LogP contribution is 2.37. The average Bonchev–Trinajstić information content (AvgIpc) is 2.68. The lowest BCUT2D eigenvalue weighted by molar-refractivity contribution is -0.908. The number of rotatable bonds is 2. The van der Waals surface area contributed by atoms with Crippen LogP contribution in [0.5, 0.6) is 0 Å². The Bertz CT molecular complexity index is 435. The fourth-order valence-corrected chi connectivity index (χ4v) is 2.81. The Morgan fingerprint density at radius 2 is 2.10 bits per heavy atom. The minimum atomic E-state index is -0.984. The van der Waals surface area contributed by atoms with Crippen molar-refractivity contribution in [3.8, 4) is 12.3 Å². The molecule has 6 heteroatoms. The van der Waals surface area contributed by atoms with Crippen LogP contribution in [0.4, 0.5) is 9.59 Å². The van der Waals surface area contributed by atoms with Gasteiger partial charge in [-0.15, -0.1) is 6.42 Å². The predicted octanol–water partition coefficient (Wildman–Crippen LogP) is 1.80. The summed E-state index contributed by atoms with van der Waals surface area (Å²) in [6.45, 7) is 7.93. The van der Waals surface area contributed by atoms with E-state index >= 15 is 0 Å². The summed E-state index contributed by atoms with van der Waals surface area (Å²) in [7, 11) is 0. The maximum atomic E-state index is 11.8. The van der Waals surface area contributed by atoms with E-state index in [4.69, 9.17) is 11.2 Å². The summed E-state index contributed by atoms with van der Waals surface area (Å²) in [5.74, 6) is 2.56. The van der Waals surface area contributed by atoms with E-state index in [-0.39, 0.29) is 11.0 Å². The maximum Gasteiger partial charge on any atom is 0.515 e. The molecule has 1 aliphatic rings. The van der Waals surface area contributed by atoms with E-state index in [1.54, 1.807) is 6.92 Å². The average molecular weight is 283 g/mol. The van der Waals surface area contributed by atoms with Crippen LogP contribution >= 0.6 is 0 Å². The normalized spacial score (nSPS) is 29.6. The largest absolute Gasteiger partial charge is 0.515 e. The Morgan fingerprint density at radius 1 is 1.50 bits per heavy atom. The second-order valence-corrected chi connectivity index (χ2v) is 5.98. The van der Waals surface area contributed by atoms with Crippen molar-refractivity contribution < 1.29 is 23.9 Å². The molecule has 2 amide bonds. The lowest BCUT2D eigenvalue weighted by atomic mass is 10.00. The minimum Gasteiger partial charge on any atom is -0.440 e. The molecule has 1 fully saturated rings. The molecule has 1 unspecified atom stereocenters. The predicted molar refractivity (Wildman–Crippen MR) is 74.1 cm³/mol. The van der Waals surface area contributed by atoms with E-state index in [9.17, 15) is 14.7 Å². The van der Waals surface area contributed by atoms with E-state index < -0.39 is 29.9 Å². The second-order valence-electron chi connectivity index (χ2n) is 5.98. The summed E-state index contributed by atoms with van der Waals surface area (Å²) in [5, 5.41) is 12.2. The van der Waals surface area contributed by atoms with Crippen molar-refractivity contribution in [3.05, 3.63) is 0 Å². The number of carbonyl (C=O) groups is 2. The molecule has 0 bridgehead atoms. The van der Waals surface area contributed by atoms with Crippen molar-refractivity contribution in [1.82, 2.24) is 5.32 Å². The molecule has 0 aromatic heterocycles. The number of carboxylic acid groups (broad SMARTS) is 1. The van der Waals surface area contributed by atoms with Crippen LogP contribution in [0.2, 0.25) is 0 Å². The van der Waals surface area contributed by atoms with Gasteiger partial charge in [0.1, 0.15) is 12.1 Å². The molecule has 1 aliphatic heterocycles. The highest BCUT2D eigenvalue weighted by atomic mass is 16.6. The third-order valence-electron chi connectivity index (χ3n) is 3.84. The topological polar surface area (TPSA) is 75.6 Å². The SMILES string of the molecule is C#C[C@H]1C[C@H](OC(=O)NCC)C[N+]1(C(=O)O)C(C)(C)C. The number of quaternary nitrogens is 1. The van der Waals surface area contributed by atoms with Crippen molar-refractivity contribution in [1.29, 1.82) is 0 Å². The lowest BCUT2D eigenvalue weighted by Crippen LogP contribution is -2.65. The van der Waals surface area contributed by atoms with Gasteiger partial charge in [-0.1, -0.05) is 0 Å². The molecule has 0 saturated carbocycles. The number of nitrogens with zero attached hydrogens (tertiary/aromatic N) is 1. The zero-order valence-electron chi connectivity index (χ0n) is 12.5. The molecule has 0 radical (unpaired) electrons. The molecule has 3 atom stereocenters. The molecule has 112 valence electrons. The van der Waals surface area contributed by atoms with Gasteiger partial charge in [0.2, 0.25) is 0 Å². The summed E-state index contributed by atoms with van der Waals surface area (Å²) >= 11 is 0. The molecule has 6 nitrogen and oxygen atoms in total. The van der Waals surface area contributed by atoms with Gasteiger partial charge in [-0.05, 0) is 33.6 Å². The monoisotopic (exact) mass is 283 g/mol. The van der Waals surface area contributed by atoms with Gasteiger partial charge >= 0.3 is 12.2 Å². The van der Waals surface area contributed by atoms with Crippen LogP contribution in [0.25, 0.3) is 0 Å². The van der Waals surface area contributed by atoms with Crippen LogP contribution in [0.3, 0.4) is 0 Å². The van der Waals surface area contributed by atoms with Gasteiger partial charge in [-0.2, -0.15) is 4.79 Å². The molecule has 2 N–H and O–H groups in total. The lowest BCUT2D eigenvalue weighted by Gasteiger charge is -2.42. The number of alkyl carbamates (subject to hydrolysis) is 1. The van der Waals surface area contributed by atoms with E-state index in [1.165, 1.54) is 0 Å². The fraction of sp³-hybridized carbons (Fsp3) is 0.714. The zero-order chi connectivity index (χ0) is 15.6. The Kier molecular flexibility index (Phi) is 4.66. The summed E-state index contributed by atoms with van der Waals surface area (Å²) in [5.41, 5.74) is -0.581. The second kappa shape index (κ2) is 5.71. The number of hydrogen-bond acceptors (Lipinski definition) is 3. The fourth-order valence-electron chi connectivity index (χ4n) is 2.81. The molecule has 0 aromatic rings. The van der Waals surface area contributed by atoms with Crippen LogP contribution in [0.15, 0.2) is 0 Å². The van der Waals surface area contributed by atoms with Gasteiger partial charge in [-0.25, -0.2) is 9.28 Å². The summed E-state index contributed by atoms with van der Waals surface area (Å²) in [6, 6.07) is -0.507. The Balaban J connectivity index is 3.00. The number of carbonyl (C=O) groups excluding carboxylic acids is 1. The van der Waals surface area contributed by atoms with Crippen LogP contribution in [-0.4, -0.2) is 52.6 Å². The number of ether oxygens (including phenoxy) is 1. The molecule has 1 heterocycles. The van der Waals surface area contributed by atoms with Gasteiger partial charge < -0.3 is 15.2 Å². The van der Waals surface area contributed by atoms with Crippen molar-refractivity contribution >= 4 is 12.2 Å². The van der Waals surface area contributed by atoms with E-state index in [2.05, 4.69) is 11.2 Å². The van der Waals surface area contributed by atoms with Crippen molar-refractivity contribution in [2.75, 3.05) is 13.1 Å². The van der Waals surface area contributed by atoms with Gasteiger partial charge in [0, 0.05) is 6.54 Å². The molecule has 0 aromatic carbocycles. The highest BCUT2D eigenvalue weighted by molar-refractivity contribution is 5.67. The maximum absolute atomic E-state index is 11.8. The third-order valence-corrected chi connectivity index (χ3v) is 3.84. The standard InChI is InChI=1S/C14H22N2O4/c1-6-10-8-11(20-12(17)15-7-2)9-16(10,13(18)19)14(3,4)5/h1,10-11H,7-9H2,2-5H3,(H-,15,17,18,19)/p+1/t10-,11-,16?/m0/s1. The molecule has 0 aliphatic carbocycles. The first kappa shape index (κ1) is 16.3. The van der Waals surface area contributed by atoms with Crippen LogP contribution in [-0.2, 0) is 4.74 Å². The number of amides is 2. The number of hydrogen-bond donors (Lipinski definition) is 2. The van der Waals surface area contributed by atoms with Gasteiger partial charge in [0.25, 0.3) is 0 Å². The molecule has 1 saturated heterocycles. The Hall–Kier alpha value is -1.74. The van der Waals surface area contributed by atoms with Crippen molar-refractivity contribution in [2.24, 2.45) is 0 Å². The smallest absolute Gasteiger partial charge is 0.440 e. The van der Waals surface area contributed by atoms with Crippen molar-refractivity contribution in [2.45, 2.75) is 51.8 Å². The quantitative estimate of drug-likeness (QED) is 0.598. The summed E-state index contributed by atoms with van der Waals surface area (Å²) in [4.78, 5) is 23.3. The molecule has 0 spiro atoms.